The maximum absolute atomic E-state index is 13.3. The number of aromatic nitrogens is 1. The molecule has 20 heteroatoms. The van der Waals surface area contributed by atoms with Crippen LogP contribution < -0.4 is 11.1 Å². The number of oxime groups is 1. The average Bonchev–Trinajstić information content (AvgIpc) is 3.50. The van der Waals surface area contributed by atoms with E-state index in [1.165, 1.54) is 67.8 Å². The number of nitrogens with two attached hydrogens (primary N) is 1. The predicted octanol–water partition coefficient (Wildman–Crippen LogP) is 2.17. The number of nitro groups is 2. The van der Waals surface area contributed by atoms with Gasteiger partial charge in [-0.15, -0.1) is 11.3 Å². The van der Waals surface area contributed by atoms with Crippen LogP contribution in [0.1, 0.15) is 37.6 Å². The molecular weight excluding hydrogens is 670 g/mol. The van der Waals surface area contributed by atoms with E-state index in [-0.39, 0.29) is 35.4 Å². The molecule has 0 bridgehead atoms. The quantitative estimate of drug-likeness (QED) is 0.0758. The number of nitrogens with zero attached hydrogens (tertiary/aromatic N) is 5. The number of benzene rings is 2. The highest BCUT2D eigenvalue weighted by molar-refractivity contribution is 7.13. The fourth-order valence-corrected chi connectivity index (χ4v) is 4.59. The molecule has 3 N–H and O–H groups in total. The number of hydroxylamine groups is 2. The van der Waals surface area contributed by atoms with Crippen LogP contribution in [0, 0.1) is 20.2 Å². The number of nitrogens with one attached hydrogen (secondary N) is 1. The van der Waals surface area contributed by atoms with Gasteiger partial charge in [0, 0.05) is 29.6 Å². The number of nitro benzene ring substituents is 2. The summed E-state index contributed by atoms with van der Waals surface area (Å²) in [5.41, 5.74) is 4.34. The summed E-state index contributed by atoms with van der Waals surface area (Å²) < 4.78 is 10.3. The highest BCUT2D eigenvalue weighted by atomic mass is 32.1. The molecule has 1 saturated heterocycles. The van der Waals surface area contributed by atoms with Crippen LogP contribution in [0.15, 0.2) is 59.1 Å². The van der Waals surface area contributed by atoms with Crippen LogP contribution in [0.5, 0.6) is 0 Å². The highest BCUT2D eigenvalue weighted by Gasteiger charge is 2.47. The molecule has 2 amide bonds. The summed E-state index contributed by atoms with van der Waals surface area (Å²) in [6.07, 6.45) is 0. The van der Waals surface area contributed by atoms with E-state index in [4.69, 9.17) is 24.9 Å². The first-order valence-corrected chi connectivity index (χ1v) is 15.1. The molecule has 1 aliphatic heterocycles. The maximum atomic E-state index is 13.3. The van der Waals surface area contributed by atoms with E-state index in [1.54, 1.807) is 6.92 Å². The van der Waals surface area contributed by atoms with Gasteiger partial charge in [-0.25, -0.2) is 19.6 Å². The average molecular weight is 700 g/mol. The monoisotopic (exact) mass is 699 g/mol. The first-order valence-electron chi connectivity index (χ1n) is 14.2. The number of ether oxygens (including phenoxy) is 2. The molecule has 0 aliphatic carbocycles. The second kappa shape index (κ2) is 15.3. The Morgan fingerprint density at radius 1 is 1.00 bits per heavy atom. The lowest BCUT2D eigenvalue weighted by Gasteiger charge is -2.43. The third kappa shape index (κ3) is 9.08. The van der Waals surface area contributed by atoms with E-state index in [0.717, 1.165) is 16.4 Å². The van der Waals surface area contributed by atoms with E-state index in [2.05, 4.69) is 15.5 Å². The Bertz CT molecular complexity index is 1780. The van der Waals surface area contributed by atoms with E-state index in [0.29, 0.717) is 11.1 Å². The molecule has 1 aromatic heterocycles. The fraction of sp³-hybridized carbons (Fsp3) is 0.310. The van der Waals surface area contributed by atoms with Crippen molar-refractivity contribution in [3.05, 3.63) is 91.0 Å². The zero-order valence-corrected chi connectivity index (χ0v) is 26.9. The molecule has 4 rings (SSSR count). The number of carbonyl (C=O) groups is 4. The number of thiazole rings is 1. The third-order valence-corrected chi connectivity index (χ3v) is 7.52. The smallest absolute Gasteiger partial charge is 0.353 e. The molecule has 0 unspecified atom stereocenters. The van der Waals surface area contributed by atoms with Crippen molar-refractivity contribution in [2.75, 3.05) is 12.3 Å². The molecule has 49 heavy (non-hydrogen) atoms. The minimum Gasteiger partial charge on any atom is -0.459 e. The number of esters is 2. The maximum Gasteiger partial charge on any atom is 0.353 e. The molecule has 0 radical (unpaired) electrons. The van der Waals surface area contributed by atoms with E-state index >= 15 is 0 Å². The standard InChI is InChI=1S/C29H29N7O12S/c1-16-23(26(39)34(16)47-14-22(37)45-12-17-4-8-19(9-5-17)35(41)42)32-25(38)24(21-15-49-28(30)31-21)33-48-29(2,3)27(40)46-13-18-6-10-20(11-7-18)36(43)44/h4-11,15-16,23H,12-14H2,1-3H3,(H2,30,31)(H,32,38)/t16-,23-/m0/s1. The van der Waals surface area contributed by atoms with Crippen molar-refractivity contribution < 1.29 is 48.2 Å². The second-order valence-electron chi connectivity index (χ2n) is 10.8. The van der Waals surface area contributed by atoms with Gasteiger partial charge >= 0.3 is 11.9 Å². The zero-order valence-electron chi connectivity index (χ0n) is 26.1. The summed E-state index contributed by atoms with van der Waals surface area (Å²) in [6.45, 7) is 3.19. The lowest BCUT2D eigenvalue weighted by atomic mass is 10.00. The number of amides is 2. The van der Waals surface area contributed by atoms with Gasteiger partial charge in [0.25, 0.3) is 23.2 Å². The van der Waals surface area contributed by atoms with E-state index in [9.17, 15) is 39.4 Å². The number of nitrogen functional groups attached to an aromatic ring is 1. The van der Waals surface area contributed by atoms with Crippen LogP contribution in [0.4, 0.5) is 16.5 Å². The largest absolute Gasteiger partial charge is 0.459 e. The zero-order chi connectivity index (χ0) is 35.9. The molecule has 258 valence electrons. The molecular formula is C29H29N7O12S. The second-order valence-corrected chi connectivity index (χ2v) is 11.7. The number of non-ortho nitro benzene ring substituents is 2. The van der Waals surface area contributed by atoms with Crippen molar-refractivity contribution in [3.63, 3.8) is 0 Å². The van der Waals surface area contributed by atoms with Crippen molar-refractivity contribution in [1.29, 1.82) is 0 Å². The molecule has 19 nitrogen and oxygen atoms in total. The van der Waals surface area contributed by atoms with Gasteiger partial charge in [0.15, 0.2) is 17.5 Å². The van der Waals surface area contributed by atoms with Crippen molar-refractivity contribution in [2.24, 2.45) is 5.16 Å². The molecule has 2 heterocycles. The normalized spacial score (nSPS) is 15.9. The van der Waals surface area contributed by atoms with Crippen molar-refractivity contribution in [2.45, 2.75) is 51.7 Å². The highest BCUT2D eigenvalue weighted by Crippen LogP contribution is 2.22. The minimum atomic E-state index is -1.72. The Morgan fingerprint density at radius 3 is 2.04 bits per heavy atom. The fourth-order valence-electron chi connectivity index (χ4n) is 4.05. The van der Waals surface area contributed by atoms with Gasteiger partial charge < -0.3 is 25.4 Å². The minimum absolute atomic E-state index is 0.00153. The molecule has 0 spiro atoms. The molecule has 2 aromatic carbocycles. The van der Waals surface area contributed by atoms with Crippen LogP contribution >= 0.6 is 11.3 Å². The third-order valence-electron chi connectivity index (χ3n) is 6.84. The van der Waals surface area contributed by atoms with Gasteiger partial charge in [0.05, 0.1) is 15.9 Å². The number of hydrogen-bond acceptors (Lipinski definition) is 16. The Hall–Kier alpha value is -6.02. The molecule has 1 fully saturated rings. The number of hydrogen-bond donors (Lipinski definition) is 2. The predicted molar refractivity (Wildman–Crippen MR) is 168 cm³/mol. The Morgan fingerprint density at radius 2 is 1.55 bits per heavy atom. The van der Waals surface area contributed by atoms with Gasteiger partial charge in [-0.1, -0.05) is 5.16 Å². The Balaban J connectivity index is 1.31. The topological polar surface area (TPSA) is 258 Å². The first kappa shape index (κ1) is 35.8. The summed E-state index contributed by atoms with van der Waals surface area (Å²) in [5.74, 6) is -3.26. The SMILES string of the molecule is C[C@H]1[C@H](NC(=O)C(=NOC(C)(C)C(=O)OCc2ccc([N+](=O)[O-])cc2)c2csc(N)n2)C(=O)N1OCC(=O)OCc1ccc([N+](=O)[O-])cc1. The van der Waals surface area contributed by atoms with Gasteiger partial charge in [0.2, 0.25) is 5.60 Å². The van der Waals surface area contributed by atoms with Crippen molar-refractivity contribution in [1.82, 2.24) is 15.4 Å². The van der Waals surface area contributed by atoms with Crippen LogP contribution in [0.2, 0.25) is 0 Å². The molecule has 2 atom stereocenters. The Labute approximate surface area is 280 Å². The number of β-lactam (4-membered cyclic amide) rings is 1. The summed E-state index contributed by atoms with van der Waals surface area (Å²) >= 11 is 1.00. The van der Waals surface area contributed by atoms with Crippen LogP contribution in [0.25, 0.3) is 0 Å². The van der Waals surface area contributed by atoms with E-state index in [1.807, 2.05) is 0 Å². The van der Waals surface area contributed by atoms with Crippen LogP contribution in [-0.2, 0) is 51.5 Å². The lowest BCUT2D eigenvalue weighted by molar-refractivity contribution is -0.385. The van der Waals surface area contributed by atoms with Crippen LogP contribution in [0.3, 0.4) is 0 Å². The Kier molecular flexibility index (Phi) is 11.2. The number of rotatable bonds is 15. The summed E-state index contributed by atoms with van der Waals surface area (Å²) in [5, 5.41) is 30.4. The molecule has 0 saturated carbocycles. The number of anilines is 1. The van der Waals surface area contributed by atoms with Crippen molar-refractivity contribution >= 4 is 57.3 Å². The first-order chi connectivity index (χ1) is 23.2. The van der Waals surface area contributed by atoms with Crippen molar-refractivity contribution in [3.8, 4) is 0 Å². The van der Waals surface area contributed by atoms with Gasteiger partial charge in [-0.2, -0.15) is 0 Å². The van der Waals surface area contributed by atoms with Gasteiger partial charge in [0.1, 0.15) is 24.9 Å². The van der Waals surface area contributed by atoms with E-state index < -0.39 is 63.6 Å². The molecule has 3 aromatic rings. The summed E-state index contributed by atoms with van der Waals surface area (Å²) in [6, 6.07) is 8.95. The summed E-state index contributed by atoms with van der Waals surface area (Å²) in [4.78, 5) is 86.2. The number of carbonyl (C=O) groups excluding carboxylic acids is 4. The summed E-state index contributed by atoms with van der Waals surface area (Å²) in [7, 11) is 0. The lowest BCUT2D eigenvalue weighted by Crippen LogP contribution is -2.70. The van der Waals surface area contributed by atoms with Gasteiger partial charge in [-0.3, -0.25) is 34.7 Å². The van der Waals surface area contributed by atoms with Crippen LogP contribution in [-0.4, -0.2) is 73.7 Å². The van der Waals surface area contributed by atoms with Gasteiger partial charge in [-0.05, 0) is 56.2 Å². The molecule has 1 aliphatic rings.